The van der Waals surface area contributed by atoms with Crippen molar-refractivity contribution in [1.29, 1.82) is 0 Å². The first-order valence-corrected chi connectivity index (χ1v) is 9.70. The summed E-state index contributed by atoms with van der Waals surface area (Å²) in [6.45, 7) is 2.28. The fourth-order valence-corrected chi connectivity index (χ4v) is 3.36. The van der Waals surface area contributed by atoms with Crippen LogP contribution in [0.3, 0.4) is 0 Å². The Kier molecular flexibility index (Phi) is 6.45. The molecule has 1 aliphatic heterocycles. The Morgan fingerprint density at radius 1 is 1.19 bits per heavy atom. The van der Waals surface area contributed by atoms with Crippen LogP contribution >= 0.6 is 0 Å². The molecule has 0 unspecified atom stereocenters. The van der Waals surface area contributed by atoms with Gasteiger partial charge >= 0.3 is 0 Å². The number of nitrogens with two attached hydrogens (primary N) is 1. The van der Waals surface area contributed by atoms with Gasteiger partial charge in [-0.25, -0.2) is 0 Å². The summed E-state index contributed by atoms with van der Waals surface area (Å²) in [4.78, 5) is 40.3. The van der Waals surface area contributed by atoms with E-state index in [0.29, 0.717) is 30.2 Å². The molecule has 3 rings (SSSR count). The van der Waals surface area contributed by atoms with Gasteiger partial charge in [0.15, 0.2) is 18.1 Å². The van der Waals surface area contributed by atoms with Crippen LogP contribution in [0.1, 0.15) is 27.9 Å². The van der Waals surface area contributed by atoms with Crippen LogP contribution < -0.4 is 10.5 Å². The minimum absolute atomic E-state index is 0.0380. The molecule has 31 heavy (non-hydrogen) atoms. The molecule has 164 valence electrons. The van der Waals surface area contributed by atoms with Crippen LogP contribution in [0.25, 0.3) is 0 Å². The predicted molar refractivity (Wildman–Crippen MR) is 112 cm³/mol. The van der Waals surface area contributed by atoms with E-state index in [4.69, 9.17) is 14.9 Å². The molecular weight excluding hydrogens is 402 g/mol. The number of carbonyl (C=O) groups excluding carboxylic acids is 3. The molecule has 9 heteroatoms. The second-order valence-corrected chi connectivity index (χ2v) is 7.53. The minimum atomic E-state index is -0.796. The topological polar surface area (TPSA) is 126 Å². The molecule has 0 saturated heterocycles. The molecule has 9 nitrogen and oxygen atoms in total. The number of benzene rings is 1. The quantitative estimate of drug-likeness (QED) is 0.582. The van der Waals surface area contributed by atoms with Gasteiger partial charge in [-0.1, -0.05) is 12.1 Å². The van der Waals surface area contributed by atoms with E-state index in [1.54, 1.807) is 37.3 Å². The summed E-state index contributed by atoms with van der Waals surface area (Å²) in [7, 11) is 3.73. The van der Waals surface area contributed by atoms with Gasteiger partial charge in [0.1, 0.15) is 11.5 Å². The second-order valence-electron chi connectivity index (χ2n) is 7.53. The molecule has 0 saturated carbocycles. The number of ketones is 1. The van der Waals surface area contributed by atoms with Gasteiger partial charge in [0.25, 0.3) is 11.8 Å². The number of hydrogen-bond acceptors (Lipinski definition) is 7. The maximum Gasteiger partial charge on any atom is 0.290 e. The van der Waals surface area contributed by atoms with Gasteiger partial charge in [-0.15, -0.1) is 0 Å². The number of rotatable bonds is 9. The molecule has 0 aliphatic carbocycles. The number of Topliss-reactive ketones (excluding diaryl/α,β-unsaturated/α-hetero) is 1. The SMILES string of the molecule is Cc1ccc(C(=O)C2=C(O)C(=O)N(CCN(C)C)[C@H]2c2ccc(OCC(N)=O)cc2)o1. The molecular formula is C22H25N3O6. The number of likely N-dealkylation sites (N-methyl/N-ethyl adjacent to an activating group) is 1. The average Bonchev–Trinajstić information content (AvgIpc) is 3.26. The molecule has 1 aromatic heterocycles. The number of aryl methyl sites for hydroxylation is 1. The third kappa shape index (κ3) is 4.77. The van der Waals surface area contributed by atoms with Gasteiger partial charge in [0.2, 0.25) is 5.78 Å². The maximum absolute atomic E-state index is 13.2. The predicted octanol–water partition coefficient (Wildman–Crippen LogP) is 1.59. The van der Waals surface area contributed by atoms with Crippen LogP contribution in [0.5, 0.6) is 5.75 Å². The summed E-state index contributed by atoms with van der Waals surface area (Å²) in [5, 5.41) is 10.6. The van der Waals surface area contributed by atoms with Crippen molar-refractivity contribution < 1.29 is 28.6 Å². The summed E-state index contributed by atoms with van der Waals surface area (Å²) in [5.74, 6) is -1.35. The van der Waals surface area contributed by atoms with Crippen LogP contribution in [0, 0.1) is 6.92 Å². The third-order valence-corrected chi connectivity index (χ3v) is 4.88. The zero-order chi connectivity index (χ0) is 22.7. The third-order valence-electron chi connectivity index (χ3n) is 4.88. The van der Waals surface area contributed by atoms with Crippen LogP contribution in [0.2, 0.25) is 0 Å². The van der Waals surface area contributed by atoms with Crippen molar-refractivity contribution in [3.8, 4) is 5.75 Å². The zero-order valence-corrected chi connectivity index (χ0v) is 17.6. The number of aliphatic hydroxyl groups excluding tert-OH is 1. The van der Waals surface area contributed by atoms with Crippen molar-refractivity contribution in [3.05, 3.63) is 64.8 Å². The highest BCUT2D eigenvalue weighted by Gasteiger charge is 2.44. The molecule has 0 radical (unpaired) electrons. The Hall–Kier alpha value is -3.59. The molecule has 1 aliphatic rings. The summed E-state index contributed by atoms with van der Waals surface area (Å²) < 4.78 is 10.7. The maximum atomic E-state index is 13.2. The number of amides is 2. The Morgan fingerprint density at radius 2 is 1.87 bits per heavy atom. The molecule has 3 N–H and O–H groups in total. The van der Waals surface area contributed by atoms with Crippen molar-refractivity contribution in [2.75, 3.05) is 33.8 Å². The van der Waals surface area contributed by atoms with E-state index in [1.807, 2.05) is 19.0 Å². The number of carbonyl (C=O) groups is 3. The van der Waals surface area contributed by atoms with Gasteiger partial charge < -0.3 is 29.8 Å². The number of primary amides is 1. The molecule has 0 spiro atoms. The first kappa shape index (κ1) is 22.1. The van der Waals surface area contributed by atoms with Crippen LogP contribution in [0.15, 0.2) is 52.1 Å². The van der Waals surface area contributed by atoms with E-state index in [-0.39, 0.29) is 17.9 Å². The fraction of sp³-hybridized carbons (Fsp3) is 0.318. The van der Waals surface area contributed by atoms with Gasteiger partial charge in [-0.2, -0.15) is 0 Å². The fourth-order valence-electron chi connectivity index (χ4n) is 3.36. The molecule has 0 bridgehead atoms. The number of aliphatic hydroxyl groups is 1. The van der Waals surface area contributed by atoms with Crippen molar-refractivity contribution in [1.82, 2.24) is 9.80 Å². The van der Waals surface area contributed by atoms with E-state index in [0.717, 1.165) is 0 Å². The molecule has 2 heterocycles. The lowest BCUT2D eigenvalue weighted by atomic mass is 9.95. The lowest BCUT2D eigenvalue weighted by Gasteiger charge is -2.28. The molecule has 2 amide bonds. The van der Waals surface area contributed by atoms with Crippen molar-refractivity contribution in [2.24, 2.45) is 5.73 Å². The number of nitrogens with zero attached hydrogens (tertiary/aromatic N) is 2. The number of ether oxygens (including phenoxy) is 1. The van der Waals surface area contributed by atoms with Crippen LogP contribution in [-0.4, -0.2) is 66.3 Å². The monoisotopic (exact) mass is 427 g/mol. The molecule has 0 fully saturated rings. The van der Waals surface area contributed by atoms with E-state index in [2.05, 4.69) is 0 Å². The van der Waals surface area contributed by atoms with Gasteiger partial charge in [0, 0.05) is 13.1 Å². The van der Waals surface area contributed by atoms with Gasteiger partial charge in [0.05, 0.1) is 11.6 Å². The average molecular weight is 427 g/mol. The summed E-state index contributed by atoms with van der Waals surface area (Å²) in [5.41, 5.74) is 5.66. The highest BCUT2D eigenvalue weighted by molar-refractivity contribution is 6.15. The largest absolute Gasteiger partial charge is 0.503 e. The first-order valence-electron chi connectivity index (χ1n) is 9.70. The smallest absolute Gasteiger partial charge is 0.290 e. The van der Waals surface area contributed by atoms with Gasteiger partial charge in [-0.3, -0.25) is 14.4 Å². The molecule has 1 aromatic carbocycles. The Morgan fingerprint density at radius 3 is 2.42 bits per heavy atom. The highest BCUT2D eigenvalue weighted by Crippen LogP contribution is 2.39. The Bertz CT molecular complexity index is 1020. The summed E-state index contributed by atoms with van der Waals surface area (Å²) in [6.07, 6.45) is 0. The van der Waals surface area contributed by atoms with Crippen molar-refractivity contribution in [3.63, 3.8) is 0 Å². The van der Waals surface area contributed by atoms with E-state index in [1.165, 1.54) is 11.0 Å². The number of hydrogen-bond donors (Lipinski definition) is 2. The Balaban J connectivity index is 1.98. The van der Waals surface area contributed by atoms with E-state index < -0.39 is 29.4 Å². The first-order chi connectivity index (χ1) is 14.7. The molecule has 1 atom stereocenters. The zero-order valence-electron chi connectivity index (χ0n) is 17.6. The highest BCUT2D eigenvalue weighted by atomic mass is 16.5. The van der Waals surface area contributed by atoms with Gasteiger partial charge in [-0.05, 0) is 50.8 Å². The standard InChI is InChI=1S/C22H25N3O6/c1-13-4-9-16(31-13)20(27)18-19(25(11-10-24(2)3)22(29)21(18)28)14-5-7-15(8-6-14)30-12-17(23)26/h4-9,19,28H,10-12H2,1-3H3,(H2,23,26)/t19-/m0/s1. The Labute approximate surface area is 179 Å². The van der Waals surface area contributed by atoms with E-state index >= 15 is 0 Å². The van der Waals surface area contributed by atoms with Crippen LogP contribution in [0.4, 0.5) is 0 Å². The lowest BCUT2D eigenvalue weighted by Crippen LogP contribution is -2.36. The van der Waals surface area contributed by atoms with Crippen LogP contribution in [-0.2, 0) is 9.59 Å². The minimum Gasteiger partial charge on any atom is -0.503 e. The summed E-state index contributed by atoms with van der Waals surface area (Å²) >= 11 is 0. The normalized spacial score (nSPS) is 16.3. The lowest BCUT2D eigenvalue weighted by molar-refractivity contribution is -0.129. The second kappa shape index (κ2) is 9.05. The van der Waals surface area contributed by atoms with Crippen molar-refractivity contribution in [2.45, 2.75) is 13.0 Å². The summed E-state index contributed by atoms with van der Waals surface area (Å²) in [6, 6.07) is 8.94. The van der Waals surface area contributed by atoms with Crippen molar-refractivity contribution >= 4 is 17.6 Å². The molecule has 2 aromatic rings. The number of furan rings is 1. The van der Waals surface area contributed by atoms with E-state index in [9.17, 15) is 19.5 Å².